The molecular formula is C70H108Cl2O17Si5. The van der Waals surface area contributed by atoms with Crippen molar-refractivity contribution >= 4 is 70.5 Å². The normalized spacial score (nSPS) is 15.1. The number of fused-ring (bicyclic) bond motifs is 3. The van der Waals surface area contributed by atoms with Gasteiger partial charge in [-0.15, -0.1) is 0 Å². The summed E-state index contributed by atoms with van der Waals surface area (Å²) in [4.78, 5) is 11.7. The molecule has 5 aromatic carbocycles. The molecule has 0 fully saturated rings. The number of rotatable bonds is 29. The first-order valence-corrected chi connectivity index (χ1v) is 45.3. The van der Waals surface area contributed by atoms with Crippen LogP contribution in [0.1, 0.15) is 136 Å². The Morgan fingerprint density at radius 1 is 0.500 bits per heavy atom. The lowest BCUT2D eigenvalue weighted by Crippen LogP contribution is -2.48. The fourth-order valence-corrected chi connectivity index (χ4v) is 22.9. The van der Waals surface area contributed by atoms with Crippen LogP contribution in [0.3, 0.4) is 0 Å². The Labute approximate surface area is 577 Å². The zero-order valence-electron chi connectivity index (χ0n) is 58.3. The lowest BCUT2D eigenvalue weighted by Gasteiger charge is -2.28. The first kappa shape index (κ1) is 82.0. The largest absolute Gasteiger partial charge is 0.566 e. The molecule has 0 radical (unpaired) electrons. The molecule has 0 unspecified atom stereocenters. The van der Waals surface area contributed by atoms with Crippen LogP contribution >= 0.6 is 22.2 Å². The van der Waals surface area contributed by atoms with E-state index >= 15 is 0 Å². The maximum absolute atomic E-state index is 11.7. The molecular weight excluding hydrogens is 1320 g/mol. The quantitative estimate of drug-likeness (QED) is 0.0146. The van der Waals surface area contributed by atoms with E-state index in [1.165, 1.54) is 28.5 Å². The smallest absolute Gasteiger partial charge is 0.518 e. The second-order valence-corrected chi connectivity index (χ2v) is 40.0. The maximum atomic E-state index is 11.7. The van der Waals surface area contributed by atoms with E-state index in [9.17, 15) is 4.79 Å². The molecule has 0 amide bonds. The Kier molecular flexibility index (Phi) is 38.2. The highest BCUT2D eigenvalue weighted by Gasteiger charge is 2.46. The number of halogens is 2. The molecule has 3 aliphatic heterocycles. The van der Waals surface area contributed by atoms with Crippen LogP contribution in [-0.4, -0.2) is 121 Å². The zero-order chi connectivity index (χ0) is 68.8. The van der Waals surface area contributed by atoms with E-state index < -0.39 is 53.9 Å². The predicted molar refractivity (Wildman–Crippen MR) is 385 cm³/mol. The van der Waals surface area contributed by atoms with E-state index in [2.05, 4.69) is 43.0 Å². The number of hydrogen-bond donors (Lipinski definition) is 0. The molecule has 0 atom stereocenters. The molecule has 5 aromatic rings. The van der Waals surface area contributed by atoms with Gasteiger partial charge in [0.15, 0.2) is 0 Å². The number of hydrogen-bond acceptors (Lipinski definition) is 17. The highest BCUT2D eigenvalue weighted by atomic mass is 35.7. The van der Waals surface area contributed by atoms with Gasteiger partial charge in [0.05, 0.1) is 6.26 Å². The zero-order valence-corrected chi connectivity index (χ0v) is 64.8. The van der Waals surface area contributed by atoms with Crippen molar-refractivity contribution in [2.45, 2.75) is 176 Å². The van der Waals surface area contributed by atoms with E-state index in [-0.39, 0.29) is 0 Å². The number of benzene rings is 5. The van der Waals surface area contributed by atoms with Crippen LogP contribution in [0.15, 0.2) is 134 Å². The van der Waals surface area contributed by atoms with E-state index in [4.69, 9.17) is 93.9 Å². The van der Waals surface area contributed by atoms with Gasteiger partial charge in [-0.1, -0.05) is 108 Å². The lowest BCUT2D eigenvalue weighted by atomic mass is 10.1. The Bertz CT molecular complexity index is 2840. The third-order valence-electron chi connectivity index (χ3n) is 14.6. The van der Waals surface area contributed by atoms with Gasteiger partial charge in [-0.05, 0) is 211 Å². The van der Waals surface area contributed by atoms with Gasteiger partial charge >= 0.3 is 48.3 Å². The van der Waals surface area contributed by atoms with Crippen molar-refractivity contribution in [1.82, 2.24) is 0 Å². The molecule has 0 bridgehead atoms. The summed E-state index contributed by atoms with van der Waals surface area (Å²) in [6, 6.07) is 44.0. The van der Waals surface area contributed by atoms with Gasteiger partial charge in [0.25, 0.3) is 0 Å². The molecule has 8 rings (SSSR count). The number of carbonyl (C=O) groups excluding carboxylic acids is 1. The Morgan fingerprint density at radius 2 is 0.862 bits per heavy atom. The van der Waals surface area contributed by atoms with Gasteiger partial charge in [-0.3, -0.25) is 0 Å². The number of ether oxygens (including phenoxy) is 3. The Hall–Kier alpha value is -4.43. The average molecular weight is 1430 g/mol. The van der Waals surface area contributed by atoms with E-state index in [1.807, 2.05) is 128 Å². The lowest BCUT2D eigenvalue weighted by molar-refractivity contribution is 0.0205. The average Bonchev–Trinajstić information content (AvgIpc) is 1.81. The van der Waals surface area contributed by atoms with Gasteiger partial charge in [-0.2, -0.15) is 0 Å². The molecule has 0 N–H and O–H groups in total. The van der Waals surface area contributed by atoms with Gasteiger partial charge in [0, 0.05) is 97.3 Å². The summed E-state index contributed by atoms with van der Waals surface area (Å²) in [6.07, 6.45) is 10.7. The minimum Gasteiger partial charge on any atom is -0.518 e. The van der Waals surface area contributed by atoms with Gasteiger partial charge in [0.2, 0.25) is 0 Å². The predicted octanol–water partition coefficient (Wildman–Crippen LogP) is 17.9. The fourth-order valence-electron chi connectivity index (χ4n) is 10.6. The molecule has 0 aliphatic carbocycles. The highest BCUT2D eigenvalue weighted by molar-refractivity contribution is 7.42. The van der Waals surface area contributed by atoms with Crippen LogP contribution in [-0.2, 0) is 81.1 Å². The van der Waals surface area contributed by atoms with Crippen LogP contribution in [0.25, 0.3) is 0 Å². The van der Waals surface area contributed by atoms with Crippen LogP contribution in [0.5, 0.6) is 28.7 Å². The van der Waals surface area contributed by atoms with Crippen LogP contribution < -0.4 is 22.8 Å². The monoisotopic (exact) mass is 1430 g/mol. The standard InChI is InChI=1S/C20H34O6Si.C17H28O4Si.C13H20O3Si.C11H16O3Si.C9H10Cl2OSi/c1-7-22-27(23-8-2,24-9-3)16-10-11-17-12-14-18(15-13-17)25-19(21)26-20(4,5)6;1-5-18-17-13-11-16(12-14-17)10-9-15-22(19-6-2,20-7-3)21-8-4;1-3-14-17(15-4-2)11-7-9-12-8-5-6-10-13(12)16-17;1-12-15(13-2)9-5-7-10-6-3-4-8-11(10)14-15;10-13(11)7-3-5-8-4-1-2-6-9(8)12-13/h12-15H,7-11,16H2,1-6H3;5,11-14H,1,6-10,15H2,2-4H3;5-6,8,10H,3-4,7,9,11H2,1-2H3;3-4,6,8H,5,7,9H2,1-2H3;1-2,4,6H,3,5,7H2. The number of para-hydroxylation sites is 3. The third-order valence-corrected chi connectivity index (χ3v) is 29.6. The van der Waals surface area contributed by atoms with Gasteiger partial charge in [0.1, 0.15) is 34.3 Å². The van der Waals surface area contributed by atoms with Crippen molar-refractivity contribution < 1.29 is 76.5 Å². The number of carbonyl (C=O) groups is 1. The van der Waals surface area contributed by atoms with Crippen LogP contribution in [0.2, 0.25) is 30.2 Å². The summed E-state index contributed by atoms with van der Waals surface area (Å²) in [6.45, 7) is 27.3. The SMILES string of the molecule is C=COc1ccc(CCC[Si](OCC)(OCC)OCC)cc1.CCO[Si](CCCc1ccc(OC(=O)OC(C)(C)C)cc1)(OCC)OCC.CCO[Si]1(OCC)CCCc2ccccc2O1.CO[Si]1(OC)CCCc2ccccc2O1.Cl[Si]1(Cl)CCCc2ccccc2O1. The summed E-state index contributed by atoms with van der Waals surface area (Å²) >= 11 is 12.2. The summed E-state index contributed by atoms with van der Waals surface area (Å²) < 4.78 is 91.0. The van der Waals surface area contributed by atoms with Gasteiger partial charge < -0.3 is 71.7 Å². The maximum Gasteiger partial charge on any atom is 0.566 e. The van der Waals surface area contributed by atoms with E-state index in [1.54, 1.807) is 47.1 Å². The fraction of sp³-hybridized carbons (Fsp3) is 0.529. The van der Waals surface area contributed by atoms with Crippen molar-refractivity contribution in [3.05, 3.63) is 162 Å². The van der Waals surface area contributed by atoms with E-state index in [0.29, 0.717) is 58.6 Å². The Morgan fingerprint density at radius 3 is 1.23 bits per heavy atom. The van der Waals surface area contributed by atoms with Crippen molar-refractivity contribution in [2.75, 3.05) is 67.1 Å². The first-order valence-electron chi connectivity index (χ1n) is 33.5. The molecule has 0 saturated heterocycles. The summed E-state index contributed by atoms with van der Waals surface area (Å²) in [5, 5.41) is 0. The first-order chi connectivity index (χ1) is 45.2. The molecule has 24 heteroatoms. The third kappa shape index (κ3) is 29.7. The molecule has 524 valence electrons. The summed E-state index contributed by atoms with van der Waals surface area (Å²) in [7, 11) is -6.68. The molecule has 0 aromatic heterocycles. The second-order valence-electron chi connectivity index (χ2n) is 22.8. The highest BCUT2D eigenvalue weighted by Crippen LogP contribution is 2.36. The van der Waals surface area contributed by atoms with Gasteiger partial charge in [-0.25, -0.2) is 4.79 Å². The van der Waals surface area contributed by atoms with Crippen molar-refractivity contribution in [3.63, 3.8) is 0 Å². The molecule has 0 spiro atoms. The minimum atomic E-state index is -2.59. The Balaban J connectivity index is 0.000000256. The molecule has 94 heavy (non-hydrogen) atoms. The van der Waals surface area contributed by atoms with Crippen LogP contribution in [0.4, 0.5) is 4.79 Å². The minimum absolute atomic E-state index is 0.467. The van der Waals surface area contributed by atoms with Crippen molar-refractivity contribution in [3.8, 4) is 28.7 Å². The molecule has 3 aliphatic rings. The molecule has 0 saturated carbocycles. The number of aryl methyl sites for hydroxylation is 5. The second kappa shape index (κ2) is 43.8. The van der Waals surface area contributed by atoms with E-state index in [0.717, 1.165) is 123 Å². The summed E-state index contributed by atoms with van der Waals surface area (Å²) in [5.74, 6) is 4.01. The van der Waals surface area contributed by atoms with Crippen LogP contribution in [0, 0.1) is 0 Å². The topological polar surface area (TPSA) is 165 Å². The van der Waals surface area contributed by atoms with Crippen molar-refractivity contribution in [1.29, 1.82) is 0 Å². The summed E-state index contributed by atoms with van der Waals surface area (Å²) in [5.41, 5.74) is 5.58. The van der Waals surface area contributed by atoms with Crippen molar-refractivity contribution in [2.24, 2.45) is 0 Å². The molecule has 3 heterocycles. The molecule has 17 nitrogen and oxygen atoms in total.